The molecule has 0 fully saturated rings. The van der Waals surface area contributed by atoms with Gasteiger partial charge in [0.2, 0.25) is 6.23 Å². The largest absolute Gasteiger partial charge is 0.491 e. The van der Waals surface area contributed by atoms with Crippen LogP contribution in [-0.4, -0.2) is 41.1 Å². The molecule has 1 heterocycles. The SMILES string of the molecule is O=[N+]([O-])OC([C](OCCOCCOc1ccc(Cl)cc1)c1ccc(Cl)cc1Cl)n1ccnc1. The van der Waals surface area contributed by atoms with E-state index < -0.39 is 11.3 Å². The van der Waals surface area contributed by atoms with Crippen molar-refractivity contribution in [3.05, 3.63) is 98.0 Å². The molecule has 1 atom stereocenters. The molecule has 0 N–H and O–H groups in total. The van der Waals surface area contributed by atoms with Gasteiger partial charge in [0.1, 0.15) is 12.4 Å². The molecule has 33 heavy (non-hydrogen) atoms. The zero-order valence-electron chi connectivity index (χ0n) is 17.1. The van der Waals surface area contributed by atoms with Crippen LogP contribution < -0.4 is 4.74 Å². The summed E-state index contributed by atoms with van der Waals surface area (Å²) in [5.41, 5.74) is 0.382. The number of nitrogens with zero attached hydrogens (tertiary/aromatic N) is 3. The monoisotopic (exact) mass is 514 g/mol. The summed E-state index contributed by atoms with van der Waals surface area (Å²) in [6.45, 7) is 0.887. The van der Waals surface area contributed by atoms with Crippen LogP contribution >= 0.6 is 34.8 Å². The Hall–Kier alpha value is -2.56. The third-order valence-corrected chi connectivity index (χ3v) is 5.00. The lowest BCUT2D eigenvalue weighted by molar-refractivity contribution is -0.775. The molecule has 3 aromatic rings. The highest BCUT2D eigenvalue weighted by Crippen LogP contribution is 2.35. The van der Waals surface area contributed by atoms with Crippen LogP contribution in [0.2, 0.25) is 15.1 Å². The Morgan fingerprint density at radius 3 is 2.42 bits per heavy atom. The van der Waals surface area contributed by atoms with E-state index in [0.717, 1.165) is 0 Å². The highest BCUT2D eigenvalue weighted by molar-refractivity contribution is 6.35. The number of halogens is 3. The Bertz CT molecular complexity index is 1020. The minimum absolute atomic E-state index is 0.0709. The van der Waals surface area contributed by atoms with E-state index in [4.69, 9.17) is 53.9 Å². The molecule has 0 saturated heterocycles. The summed E-state index contributed by atoms with van der Waals surface area (Å²) in [5.74, 6) is 0.673. The van der Waals surface area contributed by atoms with Crippen LogP contribution in [0.5, 0.6) is 5.75 Å². The average molecular weight is 516 g/mol. The lowest BCUT2D eigenvalue weighted by atomic mass is 10.1. The third kappa shape index (κ3) is 7.76. The fraction of sp³-hybridized carbons (Fsp3) is 0.238. The second-order valence-corrected chi connectivity index (χ2v) is 7.72. The molecule has 1 unspecified atom stereocenters. The zero-order valence-corrected chi connectivity index (χ0v) is 19.4. The van der Waals surface area contributed by atoms with Crippen LogP contribution in [0.3, 0.4) is 0 Å². The molecule has 2 aromatic carbocycles. The van der Waals surface area contributed by atoms with Crippen molar-refractivity contribution in [2.45, 2.75) is 6.23 Å². The Balaban J connectivity index is 1.59. The molecular formula is C21H19Cl3N3O6. The maximum atomic E-state index is 11.1. The first-order valence-electron chi connectivity index (χ1n) is 9.64. The van der Waals surface area contributed by atoms with Crippen LogP contribution in [0.15, 0.2) is 61.2 Å². The number of hydrogen-bond acceptors (Lipinski definition) is 7. The molecule has 12 heteroatoms. The van der Waals surface area contributed by atoms with Crippen molar-refractivity contribution in [2.75, 3.05) is 26.4 Å². The van der Waals surface area contributed by atoms with E-state index in [1.807, 2.05) is 0 Å². The molecule has 3 rings (SSSR count). The smallest absolute Gasteiger partial charge is 0.296 e. The van der Waals surface area contributed by atoms with Crippen molar-refractivity contribution >= 4 is 34.8 Å². The molecule has 0 saturated carbocycles. The standard InChI is InChI=1S/C21H19Cl3N3O6/c22-15-1-4-17(5-2-15)31-11-9-30-10-12-32-20(18-6-3-16(23)13-19(18)24)21(33-27(28)29)26-8-7-25-14-26/h1-8,13-14,21H,9-12H2. The van der Waals surface area contributed by atoms with E-state index in [1.165, 1.54) is 29.4 Å². The van der Waals surface area contributed by atoms with Gasteiger partial charge in [-0.25, -0.2) is 4.98 Å². The maximum absolute atomic E-state index is 11.1. The number of benzene rings is 2. The van der Waals surface area contributed by atoms with E-state index in [0.29, 0.717) is 34.6 Å². The van der Waals surface area contributed by atoms with Gasteiger partial charge in [-0.2, -0.15) is 0 Å². The fourth-order valence-corrected chi connectivity index (χ4v) is 3.39. The molecule has 1 aromatic heterocycles. The summed E-state index contributed by atoms with van der Waals surface area (Å²) < 4.78 is 18.3. The molecule has 0 bridgehead atoms. The maximum Gasteiger partial charge on any atom is 0.296 e. The fourth-order valence-electron chi connectivity index (χ4n) is 2.76. The third-order valence-electron chi connectivity index (χ3n) is 4.20. The highest BCUT2D eigenvalue weighted by atomic mass is 35.5. The van der Waals surface area contributed by atoms with Gasteiger partial charge in [-0.1, -0.05) is 40.9 Å². The second-order valence-electron chi connectivity index (χ2n) is 6.44. The number of ether oxygens (including phenoxy) is 3. The van der Waals surface area contributed by atoms with Crippen molar-refractivity contribution < 1.29 is 24.1 Å². The predicted octanol–water partition coefficient (Wildman–Crippen LogP) is 5.24. The van der Waals surface area contributed by atoms with Crippen LogP contribution in [0, 0.1) is 16.2 Å². The lowest BCUT2D eigenvalue weighted by Gasteiger charge is -2.26. The first-order valence-corrected chi connectivity index (χ1v) is 10.8. The van der Waals surface area contributed by atoms with Gasteiger partial charge < -0.3 is 18.8 Å². The summed E-state index contributed by atoms with van der Waals surface area (Å²) in [6, 6.07) is 11.7. The van der Waals surface area contributed by atoms with Crippen LogP contribution in [-0.2, 0) is 14.3 Å². The Labute approximate surface area is 204 Å². The highest BCUT2D eigenvalue weighted by Gasteiger charge is 2.32. The average Bonchev–Trinajstić information content (AvgIpc) is 3.31. The van der Waals surface area contributed by atoms with Gasteiger partial charge in [0, 0.05) is 33.0 Å². The van der Waals surface area contributed by atoms with E-state index >= 15 is 0 Å². The normalized spacial score (nSPS) is 12.0. The van der Waals surface area contributed by atoms with Gasteiger partial charge in [-0.3, -0.25) is 4.84 Å². The molecule has 175 valence electrons. The molecule has 9 nitrogen and oxygen atoms in total. The summed E-state index contributed by atoms with van der Waals surface area (Å²) in [4.78, 5) is 19.9. The first-order chi connectivity index (χ1) is 15.9. The summed E-state index contributed by atoms with van der Waals surface area (Å²) in [7, 11) is 0. The number of hydrogen-bond donors (Lipinski definition) is 0. The van der Waals surface area contributed by atoms with Crippen molar-refractivity contribution in [1.29, 1.82) is 0 Å². The van der Waals surface area contributed by atoms with Crippen molar-refractivity contribution in [2.24, 2.45) is 0 Å². The van der Waals surface area contributed by atoms with E-state index in [2.05, 4.69) is 4.98 Å². The van der Waals surface area contributed by atoms with Crippen LogP contribution in [0.4, 0.5) is 0 Å². The van der Waals surface area contributed by atoms with Crippen LogP contribution in [0.1, 0.15) is 11.8 Å². The molecule has 0 aliphatic rings. The molecular weight excluding hydrogens is 497 g/mol. The van der Waals surface area contributed by atoms with Gasteiger partial charge in [-0.15, -0.1) is 10.1 Å². The number of rotatable bonds is 13. The quantitative estimate of drug-likeness (QED) is 0.174. The van der Waals surface area contributed by atoms with Gasteiger partial charge >= 0.3 is 0 Å². The van der Waals surface area contributed by atoms with Gasteiger partial charge in [0.25, 0.3) is 5.09 Å². The van der Waals surface area contributed by atoms with Crippen molar-refractivity contribution in [3.63, 3.8) is 0 Å². The van der Waals surface area contributed by atoms with Crippen molar-refractivity contribution in [3.8, 4) is 5.75 Å². The number of aromatic nitrogens is 2. The molecule has 0 amide bonds. The topological polar surface area (TPSA) is 97.9 Å². The first kappa shape index (κ1) is 25.1. The van der Waals surface area contributed by atoms with E-state index in [9.17, 15) is 10.1 Å². The minimum Gasteiger partial charge on any atom is -0.491 e. The van der Waals surface area contributed by atoms with E-state index in [-0.39, 0.29) is 24.3 Å². The Kier molecular flexibility index (Phi) is 9.59. The van der Waals surface area contributed by atoms with Gasteiger partial charge in [0.05, 0.1) is 26.1 Å². The lowest BCUT2D eigenvalue weighted by Crippen LogP contribution is -2.27. The molecule has 1 radical (unpaired) electrons. The van der Waals surface area contributed by atoms with Gasteiger partial charge in [0.15, 0.2) is 6.10 Å². The van der Waals surface area contributed by atoms with E-state index in [1.54, 1.807) is 36.4 Å². The van der Waals surface area contributed by atoms with Crippen LogP contribution in [0.25, 0.3) is 0 Å². The summed E-state index contributed by atoms with van der Waals surface area (Å²) in [6.07, 6.45) is 3.18. The summed E-state index contributed by atoms with van der Waals surface area (Å²) in [5, 5.41) is 11.5. The zero-order chi connectivity index (χ0) is 23.6. The Morgan fingerprint density at radius 2 is 1.76 bits per heavy atom. The number of imidazole rings is 1. The predicted molar refractivity (Wildman–Crippen MR) is 122 cm³/mol. The molecule has 0 spiro atoms. The van der Waals surface area contributed by atoms with Gasteiger partial charge in [-0.05, 0) is 36.4 Å². The molecule has 0 aliphatic carbocycles. The minimum atomic E-state index is -1.26. The summed E-state index contributed by atoms with van der Waals surface area (Å²) >= 11 is 18.1. The Morgan fingerprint density at radius 1 is 1.03 bits per heavy atom. The van der Waals surface area contributed by atoms with Crippen molar-refractivity contribution in [1.82, 2.24) is 9.55 Å². The second kappa shape index (κ2) is 12.6. The molecule has 0 aliphatic heterocycles.